The van der Waals surface area contributed by atoms with Crippen LogP contribution in [0.5, 0.6) is 0 Å². The van der Waals surface area contributed by atoms with E-state index in [-0.39, 0.29) is 49.4 Å². The Balaban J connectivity index is 1.42. The van der Waals surface area contributed by atoms with Crippen molar-refractivity contribution in [2.75, 3.05) is 26.4 Å². The fraction of sp³-hybridized carbons (Fsp3) is 0.355. The highest BCUT2D eigenvalue weighted by Crippen LogP contribution is 2.46. The van der Waals surface area contributed by atoms with Crippen molar-refractivity contribution in [1.29, 1.82) is 0 Å². The highest BCUT2D eigenvalue weighted by atomic mass is 16.5. The zero-order chi connectivity index (χ0) is 27.7. The molecule has 2 aliphatic heterocycles. The molecule has 1 unspecified atom stereocenters. The maximum absolute atomic E-state index is 13.4. The second-order valence-corrected chi connectivity index (χ2v) is 10.8. The molecule has 202 valence electrons. The van der Waals surface area contributed by atoms with E-state index < -0.39 is 11.9 Å². The van der Waals surface area contributed by atoms with Gasteiger partial charge in [-0.2, -0.15) is 0 Å². The lowest BCUT2D eigenvalue weighted by atomic mass is 9.68. The molecule has 0 saturated carbocycles. The van der Waals surface area contributed by atoms with Gasteiger partial charge in [-0.25, -0.2) is 4.79 Å². The molecule has 2 amide bonds. The van der Waals surface area contributed by atoms with Crippen molar-refractivity contribution in [1.82, 2.24) is 10.2 Å². The van der Waals surface area contributed by atoms with Gasteiger partial charge in [0.1, 0.15) is 0 Å². The van der Waals surface area contributed by atoms with Crippen molar-refractivity contribution >= 4 is 23.6 Å². The first-order valence-corrected chi connectivity index (χ1v) is 13.2. The number of carbonyl (C=O) groups excluding carboxylic acids is 4. The number of allylic oxidation sites excluding steroid dienone is 2. The lowest BCUT2D eigenvalue weighted by Crippen LogP contribution is -2.40. The van der Waals surface area contributed by atoms with Crippen LogP contribution in [0.25, 0.3) is 0 Å². The fourth-order valence-electron chi connectivity index (χ4n) is 5.66. The number of nitrogens with zero attached hydrogens (tertiary/aromatic N) is 1. The molecule has 2 heterocycles. The molecule has 8 nitrogen and oxygen atoms in total. The Bertz CT molecular complexity index is 1370. The molecule has 1 atom stereocenters. The third-order valence-electron chi connectivity index (χ3n) is 7.34. The first-order valence-electron chi connectivity index (χ1n) is 13.2. The number of ether oxygens (including phenoxy) is 2. The second kappa shape index (κ2) is 10.6. The van der Waals surface area contributed by atoms with Crippen LogP contribution in [0.15, 0.2) is 77.1 Å². The normalized spacial score (nSPS) is 20.1. The van der Waals surface area contributed by atoms with Crippen LogP contribution in [-0.2, 0) is 19.1 Å². The van der Waals surface area contributed by atoms with Gasteiger partial charge in [0.25, 0.3) is 11.8 Å². The quantitative estimate of drug-likeness (QED) is 0.312. The van der Waals surface area contributed by atoms with Gasteiger partial charge < -0.3 is 14.8 Å². The van der Waals surface area contributed by atoms with Crippen molar-refractivity contribution in [3.63, 3.8) is 0 Å². The van der Waals surface area contributed by atoms with Gasteiger partial charge in [0.2, 0.25) is 0 Å². The van der Waals surface area contributed by atoms with Crippen LogP contribution in [-0.4, -0.2) is 54.8 Å². The van der Waals surface area contributed by atoms with Gasteiger partial charge in [0.05, 0.1) is 48.8 Å². The molecule has 0 aromatic heterocycles. The molecular weight excluding hydrogens is 496 g/mol. The molecule has 5 rings (SSSR count). The Kier molecular flexibility index (Phi) is 7.23. The maximum Gasteiger partial charge on any atom is 0.336 e. The first-order chi connectivity index (χ1) is 18.7. The number of nitrogens with one attached hydrogen (secondary N) is 1. The molecule has 8 heteroatoms. The number of dihydropyridines is 1. The highest BCUT2D eigenvalue weighted by Gasteiger charge is 2.44. The predicted octanol–water partition coefficient (Wildman–Crippen LogP) is 4.15. The summed E-state index contributed by atoms with van der Waals surface area (Å²) in [6, 6.07) is 16.2. The summed E-state index contributed by atoms with van der Waals surface area (Å²) in [4.78, 5) is 53.4. The first kappa shape index (κ1) is 26.6. The molecule has 0 spiro atoms. The largest absolute Gasteiger partial charge is 0.463 e. The van der Waals surface area contributed by atoms with E-state index >= 15 is 0 Å². The number of rotatable bonds is 8. The maximum atomic E-state index is 13.4. The molecule has 39 heavy (non-hydrogen) atoms. The van der Waals surface area contributed by atoms with Crippen molar-refractivity contribution in [3.05, 3.63) is 93.8 Å². The molecule has 0 fully saturated rings. The number of hydrogen-bond donors (Lipinski definition) is 1. The van der Waals surface area contributed by atoms with Crippen molar-refractivity contribution < 1.29 is 28.7 Å². The van der Waals surface area contributed by atoms with Crippen LogP contribution in [0.4, 0.5) is 0 Å². The van der Waals surface area contributed by atoms with E-state index in [0.29, 0.717) is 40.8 Å². The lowest BCUT2D eigenvalue weighted by Gasteiger charge is -2.40. The third kappa shape index (κ3) is 5.04. The second-order valence-electron chi connectivity index (χ2n) is 10.8. The minimum atomic E-state index is -0.583. The average Bonchev–Trinajstić information content (AvgIpc) is 3.15. The number of amides is 2. The van der Waals surface area contributed by atoms with E-state index in [9.17, 15) is 19.2 Å². The van der Waals surface area contributed by atoms with E-state index in [2.05, 4.69) is 19.2 Å². The zero-order valence-corrected chi connectivity index (χ0v) is 22.4. The summed E-state index contributed by atoms with van der Waals surface area (Å²) in [6.45, 7) is 6.21. The fourth-order valence-corrected chi connectivity index (χ4v) is 5.66. The van der Waals surface area contributed by atoms with E-state index in [1.807, 2.05) is 30.3 Å². The Morgan fingerprint density at radius 3 is 2.26 bits per heavy atom. The summed E-state index contributed by atoms with van der Waals surface area (Å²) >= 11 is 0. The number of fused-ring (bicyclic) bond motifs is 1. The topological polar surface area (TPSA) is 102 Å². The number of carbonyl (C=O) groups is 4. The van der Waals surface area contributed by atoms with Gasteiger partial charge >= 0.3 is 5.97 Å². The average molecular weight is 529 g/mol. The van der Waals surface area contributed by atoms with Crippen molar-refractivity contribution in [3.8, 4) is 0 Å². The number of Topliss-reactive ketones (excluding diaryl/α,β-unsaturated/α-hetero) is 1. The zero-order valence-electron chi connectivity index (χ0n) is 22.4. The van der Waals surface area contributed by atoms with Crippen LogP contribution < -0.4 is 5.32 Å². The monoisotopic (exact) mass is 528 g/mol. The van der Waals surface area contributed by atoms with Crippen molar-refractivity contribution in [2.24, 2.45) is 5.41 Å². The van der Waals surface area contributed by atoms with Gasteiger partial charge in [0, 0.05) is 23.6 Å². The molecule has 1 N–H and O–H groups in total. The molecule has 3 aliphatic rings. The van der Waals surface area contributed by atoms with Crippen molar-refractivity contribution in [2.45, 2.75) is 39.5 Å². The molecule has 0 radical (unpaired) electrons. The summed E-state index contributed by atoms with van der Waals surface area (Å²) in [7, 11) is 0. The van der Waals surface area contributed by atoms with Crippen LogP contribution in [0.2, 0.25) is 0 Å². The standard InChI is InChI=1S/C31H32N2O6/c1-4-39-30(37)27-23(18-38-15-14-33-28(35)20-12-8-9-13-21(20)29(33)36)32-22-16-31(2,3)17-24(34)26(22)25(27)19-10-6-5-7-11-19/h5-13,25,32H,4,14-18H2,1-3H3. The van der Waals surface area contributed by atoms with Gasteiger partial charge in [-0.1, -0.05) is 56.3 Å². The van der Waals surface area contributed by atoms with Crippen LogP contribution >= 0.6 is 0 Å². The number of ketones is 1. The van der Waals surface area contributed by atoms with Gasteiger partial charge in [-0.05, 0) is 36.5 Å². The minimum Gasteiger partial charge on any atom is -0.463 e. The van der Waals surface area contributed by atoms with Gasteiger partial charge in [-0.3, -0.25) is 19.3 Å². The number of hydrogen-bond acceptors (Lipinski definition) is 7. The third-order valence-corrected chi connectivity index (χ3v) is 7.34. The Morgan fingerprint density at radius 2 is 1.62 bits per heavy atom. The molecule has 0 saturated heterocycles. The molecule has 0 bridgehead atoms. The molecule has 1 aliphatic carbocycles. The number of esters is 1. The summed E-state index contributed by atoms with van der Waals surface area (Å²) in [6.07, 6.45) is 1.03. The smallest absolute Gasteiger partial charge is 0.336 e. The minimum absolute atomic E-state index is 0.00925. The van der Waals surface area contributed by atoms with Crippen LogP contribution in [0, 0.1) is 5.41 Å². The summed E-state index contributed by atoms with van der Waals surface area (Å²) in [5, 5.41) is 3.36. The molecule has 2 aromatic rings. The Labute approximate surface area is 227 Å². The summed E-state index contributed by atoms with van der Waals surface area (Å²) in [5.41, 5.74) is 3.62. The van der Waals surface area contributed by atoms with Crippen LogP contribution in [0.1, 0.15) is 65.8 Å². The summed E-state index contributed by atoms with van der Waals surface area (Å²) in [5.74, 6) is -1.77. The van der Waals surface area contributed by atoms with E-state index in [1.165, 1.54) is 4.90 Å². The van der Waals surface area contributed by atoms with Crippen LogP contribution in [0.3, 0.4) is 0 Å². The number of benzene rings is 2. The summed E-state index contributed by atoms with van der Waals surface area (Å²) < 4.78 is 11.4. The van der Waals surface area contributed by atoms with E-state index in [4.69, 9.17) is 9.47 Å². The Morgan fingerprint density at radius 1 is 0.974 bits per heavy atom. The van der Waals surface area contributed by atoms with E-state index in [0.717, 1.165) is 11.3 Å². The lowest BCUT2D eigenvalue weighted by molar-refractivity contribution is -0.139. The van der Waals surface area contributed by atoms with E-state index in [1.54, 1.807) is 31.2 Å². The van der Waals surface area contributed by atoms with Gasteiger partial charge in [-0.15, -0.1) is 0 Å². The Hall–Kier alpha value is -4.04. The molecule has 2 aromatic carbocycles. The SMILES string of the molecule is CCOC(=O)C1=C(COCCN2C(=O)c3ccccc3C2=O)NC2=C(C(=O)CC(C)(C)C2)C1c1ccccc1. The van der Waals surface area contributed by atoms with Gasteiger partial charge in [0.15, 0.2) is 5.78 Å². The predicted molar refractivity (Wildman–Crippen MR) is 144 cm³/mol. The molecular formula is C31H32N2O6. The highest BCUT2D eigenvalue weighted by molar-refractivity contribution is 6.21. The number of imide groups is 1.